The third kappa shape index (κ3) is 3.36. The summed E-state index contributed by atoms with van der Waals surface area (Å²) in [6, 6.07) is 7.07. The zero-order valence-electron chi connectivity index (χ0n) is 10.7. The van der Waals surface area contributed by atoms with E-state index in [0.29, 0.717) is 18.9 Å². The van der Waals surface area contributed by atoms with Crippen molar-refractivity contribution >= 4 is 11.8 Å². The molecule has 0 unspecified atom stereocenters. The van der Waals surface area contributed by atoms with Gasteiger partial charge >= 0.3 is 6.09 Å². The van der Waals surface area contributed by atoms with Crippen molar-refractivity contribution in [2.45, 2.75) is 6.10 Å². The average Bonchev–Trinajstić information content (AvgIpc) is 2.78. The molecule has 19 heavy (non-hydrogen) atoms. The van der Waals surface area contributed by atoms with Gasteiger partial charge in [-0.05, 0) is 24.3 Å². The monoisotopic (exact) mass is 267 g/mol. The minimum absolute atomic E-state index is 0.0289. The van der Waals surface area contributed by atoms with Gasteiger partial charge in [-0.3, -0.25) is 4.90 Å². The first-order chi connectivity index (χ1) is 9.24. The van der Waals surface area contributed by atoms with Gasteiger partial charge in [0.05, 0.1) is 19.8 Å². The minimum atomic E-state index is -0.369. The first-order valence-electron chi connectivity index (χ1n) is 6.05. The second-order valence-electron chi connectivity index (χ2n) is 4.14. The molecular formula is C13H17NO5. The number of amides is 1. The predicted molar refractivity (Wildman–Crippen MR) is 68.5 cm³/mol. The first-order valence-corrected chi connectivity index (χ1v) is 6.05. The highest BCUT2D eigenvalue weighted by molar-refractivity contribution is 5.89. The SMILES string of the molecule is COC[C@H]1CN(c2ccc(OCCO)cc2)C(=O)O1. The van der Waals surface area contributed by atoms with Crippen molar-refractivity contribution in [2.75, 3.05) is 38.4 Å². The van der Waals surface area contributed by atoms with Crippen LogP contribution in [0.2, 0.25) is 0 Å². The Balaban J connectivity index is 2.00. The van der Waals surface area contributed by atoms with Gasteiger partial charge in [0.25, 0.3) is 0 Å². The molecule has 1 saturated heterocycles. The van der Waals surface area contributed by atoms with Gasteiger partial charge in [-0.1, -0.05) is 0 Å². The molecule has 0 bridgehead atoms. The number of nitrogens with zero attached hydrogens (tertiary/aromatic N) is 1. The van der Waals surface area contributed by atoms with Crippen LogP contribution in [0, 0.1) is 0 Å². The van der Waals surface area contributed by atoms with Gasteiger partial charge in [0, 0.05) is 12.8 Å². The summed E-state index contributed by atoms with van der Waals surface area (Å²) in [6.07, 6.45) is -0.603. The van der Waals surface area contributed by atoms with Crippen LogP contribution < -0.4 is 9.64 Å². The molecule has 1 N–H and O–H groups in total. The van der Waals surface area contributed by atoms with Crippen molar-refractivity contribution in [3.63, 3.8) is 0 Å². The molecular weight excluding hydrogens is 250 g/mol. The van der Waals surface area contributed by atoms with Crippen molar-refractivity contribution in [1.82, 2.24) is 0 Å². The molecule has 0 spiro atoms. The van der Waals surface area contributed by atoms with Crippen molar-refractivity contribution in [3.05, 3.63) is 24.3 Å². The molecule has 1 aromatic rings. The van der Waals surface area contributed by atoms with Crippen LogP contribution in [0.5, 0.6) is 5.75 Å². The van der Waals surface area contributed by atoms with Crippen LogP contribution in [-0.4, -0.2) is 50.8 Å². The number of hydrogen-bond acceptors (Lipinski definition) is 5. The zero-order chi connectivity index (χ0) is 13.7. The fourth-order valence-electron chi connectivity index (χ4n) is 1.89. The number of hydrogen-bond donors (Lipinski definition) is 1. The molecule has 6 heteroatoms. The second kappa shape index (κ2) is 6.40. The van der Waals surface area contributed by atoms with Crippen LogP contribution in [0.1, 0.15) is 0 Å². The molecule has 1 atom stereocenters. The van der Waals surface area contributed by atoms with Gasteiger partial charge in [0.1, 0.15) is 18.5 Å². The Morgan fingerprint density at radius 3 is 2.79 bits per heavy atom. The number of anilines is 1. The van der Waals surface area contributed by atoms with Crippen LogP contribution in [0.15, 0.2) is 24.3 Å². The van der Waals surface area contributed by atoms with E-state index in [1.54, 1.807) is 36.3 Å². The summed E-state index contributed by atoms with van der Waals surface area (Å²) in [6.45, 7) is 1.09. The summed E-state index contributed by atoms with van der Waals surface area (Å²) in [7, 11) is 1.57. The number of benzene rings is 1. The topological polar surface area (TPSA) is 68.2 Å². The number of carbonyl (C=O) groups excluding carboxylic acids is 1. The third-order valence-corrected chi connectivity index (χ3v) is 2.74. The molecule has 1 fully saturated rings. The summed E-state index contributed by atoms with van der Waals surface area (Å²) in [5, 5.41) is 8.66. The molecule has 1 aliphatic rings. The van der Waals surface area contributed by atoms with E-state index in [1.165, 1.54) is 0 Å². The fourth-order valence-corrected chi connectivity index (χ4v) is 1.89. The number of rotatable bonds is 6. The lowest BCUT2D eigenvalue weighted by Crippen LogP contribution is -2.25. The Morgan fingerprint density at radius 1 is 1.42 bits per heavy atom. The van der Waals surface area contributed by atoms with E-state index in [0.717, 1.165) is 5.69 Å². The van der Waals surface area contributed by atoms with E-state index in [2.05, 4.69) is 0 Å². The highest BCUT2D eigenvalue weighted by Crippen LogP contribution is 2.24. The molecule has 0 radical (unpaired) electrons. The third-order valence-electron chi connectivity index (χ3n) is 2.74. The number of aliphatic hydroxyl groups is 1. The number of aliphatic hydroxyl groups excluding tert-OH is 1. The summed E-state index contributed by atoms with van der Waals surface area (Å²) in [5.74, 6) is 0.652. The molecule has 0 aliphatic carbocycles. The van der Waals surface area contributed by atoms with E-state index < -0.39 is 0 Å². The summed E-state index contributed by atoms with van der Waals surface area (Å²) in [4.78, 5) is 13.3. The molecule has 1 heterocycles. The molecule has 1 aliphatic heterocycles. The quantitative estimate of drug-likeness (QED) is 0.833. The Bertz CT molecular complexity index is 420. The number of ether oxygens (including phenoxy) is 3. The lowest BCUT2D eigenvalue weighted by atomic mass is 10.2. The fraction of sp³-hybridized carbons (Fsp3) is 0.462. The Labute approximate surface area is 111 Å². The molecule has 104 valence electrons. The van der Waals surface area contributed by atoms with Crippen LogP contribution in [0.3, 0.4) is 0 Å². The summed E-state index contributed by atoms with van der Waals surface area (Å²) < 4.78 is 15.4. The van der Waals surface area contributed by atoms with Gasteiger partial charge in [0.15, 0.2) is 0 Å². The van der Waals surface area contributed by atoms with Crippen molar-refractivity contribution < 1.29 is 24.1 Å². The van der Waals surface area contributed by atoms with E-state index in [4.69, 9.17) is 19.3 Å². The number of cyclic esters (lactones) is 1. The van der Waals surface area contributed by atoms with E-state index in [1.807, 2.05) is 0 Å². The van der Waals surface area contributed by atoms with E-state index in [-0.39, 0.29) is 25.4 Å². The summed E-state index contributed by atoms with van der Waals surface area (Å²) >= 11 is 0. The normalized spacial score (nSPS) is 18.5. The Kier molecular flexibility index (Phi) is 4.59. The maximum atomic E-state index is 11.7. The number of carbonyl (C=O) groups is 1. The Morgan fingerprint density at radius 2 is 2.16 bits per heavy atom. The molecule has 1 aromatic carbocycles. The number of methoxy groups -OCH3 is 1. The van der Waals surface area contributed by atoms with Crippen LogP contribution >= 0.6 is 0 Å². The van der Waals surface area contributed by atoms with Gasteiger partial charge in [0.2, 0.25) is 0 Å². The van der Waals surface area contributed by atoms with Gasteiger partial charge < -0.3 is 19.3 Å². The molecule has 1 amide bonds. The van der Waals surface area contributed by atoms with Gasteiger partial charge in [-0.25, -0.2) is 4.79 Å². The second-order valence-corrected chi connectivity index (χ2v) is 4.14. The highest BCUT2D eigenvalue weighted by Gasteiger charge is 2.32. The van der Waals surface area contributed by atoms with Crippen molar-refractivity contribution in [2.24, 2.45) is 0 Å². The average molecular weight is 267 g/mol. The standard InChI is InChI=1S/C13H17NO5/c1-17-9-12-8-14(13(16)19-12)10-2-4-11(5-3-10)18-7-6-15/h2-5,12,15H,6-9H2,1H3/t12-/m1/s1. The molecule has 2 rings (SSSR count). The summed E-state index contributed by atoms with van der Waals surface area (Å²) in [5.41, 5.74) is 0.750. The zero-order valence-corrected chi connectivity index (χ0v) is 10.7. The van der Waals surface area contributed by atoms with Crippen LogP contribution in [0.25, 0.3) is 0 Å². The van der Waals surface area contributed by atoms with E-state index in [9.17, 15) is 4.79 Å². The van der Waals surface area contributed by atoms with Gasteiger partial charge in [-0.15, -0.1) is 0 Å². The Hall–Kier alpha value is -1.79. The van der Waals surface area contributed by atoms with E-state index >= 15 is 0 Å². The molecule has 0 saturated carbocycles. The van der Waals surface area contributed by atoms with Crippen molar-refractivity contribution in [1.29, 1.82) is 0 Å². The smallest absolute Gasteiger partial charge is 0.414 e. The highest BCUT2D eigenvalue weighted by atomic mass is 16.6. The minimum Gasteiger partial charge on any atom is -0.491 e. The lowest BCUT2D eigenvalue weighted by molar-refractivity contribution is 0.0718. The van der Waals surface area contributed by atoms with Crippen LogP contribution in [0.4, 0.5) is 10.5 Å². The maximum absolute atomic E-state index is 11.7. The maximum Gasteiger partial charge on any atom is 0.414 e. The van der Waals surface area contributed by atoms with Gasteiger partial charge in [-0.2, -0.15) is 0 Å². The lowest BCUT2D eigenvalue weighted by Gasteiger charge is -2.13. The molecule has 0 aromatic heterocycles. The first kappa shape index (κ1) is 13.6. The van der Waals surface area contributed by atoms with Crippen molar-refractivity contribution in [3.8, 4) is 5.75 Å². The largest absolute Gasteiger partial charge is 0.491 e. The predicted octanol–water partition coefficient (Wildman–Crippen LogP) is 1.03. The molecule has 6 nitrogen and oxygen atoms in total. The van der Waals surface area contributed by atoms with Crippen LogP contribution in [-0.2, 0) is 9.47 Å².